The van der Waals surface area contributed by atoms with Crippen LogP contribution in [0, 0.1) is 5.92 Å². The van der Waals surface area contributed by atoms with Crippen molar-refractivity contribution in [2.24, 2.45) is 5.92 Å². The molecule has 0 bridgehead atoms. The fourth-order valence-electron chi connectivity index (χ4n) is 3.46. The van der Waals surface area contributed by atoms with Gasteiger partial charge in [-0.25, -0.2) is 0 Å². The molecule has 3 heteroatoms. The number of hydrogen-bond acceptors (Lipinski definition) is 3. The number of benzene rings is 1. The van der Waals surface area contributed by atoms with E-state index < -0.39 is 0 Å². The first-order chi connectivity index (χ1) is 9.78. The minimum atomic E-state index is 0.373. The van der Waals surface area contributed by atoms with Gasteiger partial charge in [0.05, 0.1) is 13.2 Å². The van der Waals surface area contributed by atoms with Gasteiger partial charge in [0.15, 0.2) is 11.5 Å². The van der Waals surface area contributed by atoms with Gasteiger partial charge < -0.3 is 14.8 Å². The topological polar surface area (TPSA) is 30.5 Å². The van der Waals surface area contributed by atoms with E-state index in [-0.39, 0.29) is 0 Å². The standard InChI is InChI=1S/C17H25NO2/c1-12-10-18-11-15(12)13-7-8-16(19-2)17(9-13)20-14-5-3-4-6-14/h7-9,12,14-15,18H,3-6,10-11H2,1-2H3. The summed E-state index contributed by atoms with van der Waals surface area (Å²) in [7, 11) is 1.72. The highest BCUT2D eigenvalue weighted by atomic mass is 16.5. The van der Waals surface area contributed by atoms with Crippen molar-refractivity contribution in [3.8, 4) is 11.5 Å². The molecule has 1 aromatic carbocycles. The van der Waals surface area contributed by atoms with Gasteiger partial charge in [0.2, 0.25) is 0 Å². The number of hydrogen-bond donors (Lipinski definition) is 1. The summed E-state index contributed by atoms with van der Waals surface area (Å²) in [6.07, 6.45) is 5.30. The molecule has 3 nitrogen and oxygen atoms in total. The van der Waals surface area contributed by atoms with Gasteiger partial charge in [-0.3, -0.25) is 0 Å². The van der Waals surface area contributed by atoms with E-state index in [9.17, 15) is 0 Å². The van der Waals surface area contributed by atoms with E-state index in [0.29, 0.717) is 17.9 Å². The highest BCUT2D eigenvalue weighted by Gasteiger charge is 2.26. The van der Waals surface area contributed by atoms with Gasteiger partial charge in [0.25, 0.3) is 0 Å². The van der Waals surface area contributed by atoms with Gasteiger partial charge in [-0.05, 0) is 55.8 Å². The van der Waals surface area contributed by atoms with Crippen molar-refractivity contribution >= 4 is 0 Å². The molecule has 2 unspecified atom stereocenters. The van der Waals surface area contributed by atoms with Crippen LogP contribution in [-0.4, -0.2) is 26.3 Å². The first kappa shape index (κ1) is 13.7. The second-order valence-electron chi connectivity index (χ2n) is 6.18. The van der Waals surface area contributed by atoms with Crippen LogP contribution in [0.3, 0.4) is 0 Å². The molecule has 20 heavy (non-hydrogen) atoms. The lowest BCUT2D eigenvalue weighted by atomic mass is 9.90. The lowest BCUT2D eigenvalue weighted by Gasteiger charge is -2.20. The smallest absolute Gasteiger partial charge is 0.161 e. The predicted octanol–water partition coefficient (Wildman–Crippen LogP) is 3.34. The summed E-state index contributed by atoms with van der Waals surface area (Å²) in [5.74, 6) is 3.06. The van der Waals surface area contributed by atoms with E-state index in [4.69, 9.17) is 9.47 Å². The number of methoxy groups -OCH3 is 1. The lowest BCUT2D eigenvalue weighted by molar-refractivity contribution is 0.200. The Labute approximate surface area is 121 Å². The Hall–Kier alpha value is -1.22. The van der Waals surface area contributed by atoms with Crippen LogP contribution in [0.15, 0.2) is 18.2 Å². The maximum absolute atomic E-state index is 6.19. The van der Waals surface area contributed by atoms with Crippen molar-refractivity contribution < 1.29 is 9.47 Å². The maximum atomic E-state index is 6.19. The highest BCUT2D eigenvalue weighted by molar-refractivity contribution is 5.44. The Morgan fingerprint density at radius 2 is 1.90 bits per heavy atom. The molecule has 1 heterocycles. The van der Waals surface area contributed by atoms with Crippen LogP contribution >= 0.6 is 0 Å². The van der Waals surface area contributed by atoms with Crippen LogP contribution in [0.25, 0.3) is 0 Å². The third-order valence-corrected chi connectivity index (χ3v) is 4.73. The van der Waals surface area contributed by atoms with Crippen LogP contribution < -0.4 is 14.8 Å². The summed E-state index contributed by atoms with van der Waals surface area (Å²) in [6.45, 7) is 4.48. The monoisotopic (exact) mass is 275 g/mol. The summed E-state index contributed by atoms with van der Waals surface area (Å²) in [5, 5.41) is 3.47. The third kappa shape index (κ3) is 2.78. The fourth-order valence-corrected chi connectivity index (χ4v) is 3.46. The van der Waals surface area contributed by atoms with Gasteiger partial charge in [0, 0.05) is 12.5 Å². The summed E-state index contributed by atoms with van der Waals surface area (Å²) in [5.41, 5.74) is 1.37. The summed E-state index contributed by atoms with van der Waals surface area (Å²) in [6, 6.07) is 6.45. The van der Waals surface area contributed by atoms with Crippen molar-refractivity contribution in [2.75, 3.05) is 20.2 Å². The second-order valence-corrected chi connectivity index (χ2v) is 6.18. The Morgan fingerprint density at radius 3 is 2.55 bits per heavy atom. The largest absolute Gasteiger partial charge is 0.493 e. The van der Waals surface area contributed by atoms with Gasteiger partial charge >= 0.3 is 0 Å². The van der Waals surface area contributed by atoms with Crippen molar-refractivity contribution in [3.63, 3.8) is 0 Å². The van der Waals surface area contributed by atoms with E-state index in [1.807, 2.05) is 0 Å². The zero-order valence-corrected chi connectivity index (χ0v) is 12.5. The Kier molecular flexibility index (Phi) is 4.16. The summed E-state index contributed by atoms with van der Waals surface area (Å²) >= 11 is 0. The molecule has 1 N–H and O–H groups in total. The molecule has 1 saturated heterocycles. The minimum Gasteiger partial charge on any atom is -0.493 e. The minimum absolute atomic E-state index is 0.373. The van der Waals surface area contributed by atoms with E-state index in [1.165, 1.54) is 31.2 Å². The number of rotatable bonds is 4. The highest BCUT2D eigenvalue weighted by Crippen LogP contribution is 2.36. The molecule has 1 saturated carbocycles. The molecule has 1 aliphatic carbocycles. The zero-order chi connectivity index (χ0) is 13.9. The molecule has 0 aromatic heterocycles. The Morgan fingerprint density at radius 1 is 1.10 bits per heavy atom. The molecule has 3 rings (SSSR count). The summed E-state index contributed by atoms with van der Waals surface area (Å²) in [4.78, 5) is 0. The van der Waals surface area contributed by atoms with Gasteiger partial charge in [-0.2, -0.15) is 0 Å². The molecule has 1 aromatic rings. The second kappa shape index (κ2) is 6.04. The van der Waals surface area contributed by atoms with Crippen LogP contribution in [0.1, 0.15) is 44.1 Å². The van der Waals surface area contributed by atoms with Crippen LogP contribution in [0.4, 0.5) is 0 Å². The van der Waals surface area contributed by atoms with Crippen molar-refractivity contribution in [3.05, 3.63) is 23.8 Å². The SMILES string of the molecule is COc1ccc(C2CNCC2C)cc1OC1CCCC1. The number of ether oxygens (including phenoxy) is 2. The van der Waals surface area contributed by atoms with E-state index in [0.717, 1.165) is 24.6 Å². The Balaban J connectivity index is 1.82. The van der Waals surface area contributed by atoms with Crippen LogP contribution in [0.2, 0.25) is 0 Å². The average Bonchev–Trinajstić information content (AvgIpc) is 3.10. The maximum Gasteiger partial charge on any atom is 0.161 e. The predicted molar refractivity (Wildman–Crippen MR) is 80.7 cm³/mol. The van der Waals surface area contributed by atoms with Gasteiger partial charge in [-0.15, -0.1) is 0 Å². The number of nitrogens with one attached hydrogen (secondary N) is 1. The molecular weight excluding hydrogens is 250 g/mol. The van der Waals surface area contributed by atoms with Crippen molar-refractivity contribution in [1.29, 1.82) is 0 Å². The van der Waals surface area contributed by atoms with Gasteiger partial charge in [-0.1, -0.05) is 13.0 Å². The van der Waals surface area contributed by atoms with Crippen LogP contribution in [-0.2, 0) is 0 Å². The normalized spacial score (nSPS) is 26.9. The Bertz CT molecular complexity index is 454. The van der Waals surface area contributed by atoms with E-state index >= 15 is 0 Å². The fraction of sp³-hybridized carbons (Fsp3) is 0.647. The molecule has 1 aliphatic heterocycles. The van der Waals surface area contributed by atoms with E-state index in [1.54, 1.807) is 7.11 Å². The molecule has 2 atom stereocenters. The molecule has 0 radical (unpaired) electrons. The molecule has 2 fully saturated rings. The van der Waals surface area contributed by atoms with Crippen LogP contribution in [0.5, 0.6) is 11.5 Å². The van der Waals surface area contributed by atoms with Crippen molar-refractivity contribution in [2.45, 2.75) is 44.6 Å². The van der Waals surface area contributed by atoms with E-state index in [2.05, 4.69) is 30.4 Å². The molecule has 2 aliphatic rings. The molecule has 110 valence electrons. The lowest BCUT2D eigenvalue weighted by Crippen LogP contribution is -2.13. The third-order valence-electron chi connectivity index (χ3n) is 4.73. The zero-order valence-electron chi connectivity index (χ0n) is 12.5. The van der Waals surface area contributed by atoms with Crippen molar-refractivity contribution in [1.82, 2.24) is 5.32 Å². The van der Waals surface area contributed by atoms with Gasteiger partial charge in [0.1, 0.15) is 0 Å². The molecular formula is C17H25NO2. The first-order valence-electron chi connectivity index (χ1n) is 7.83. The molecule has 0 spiro atoms. The summed E-state index contributed by atoms with van der Waals surface area (Å²) < 4.78 is 11.6. The molecule has 0 amide bonds. The quantitative estimate of drug-likeness (QED) is 0.914. The average molecular weight is 275 g/mol. The first-order valence-corrected chi connectivity index (χ1v) is 7.83.